The monoisotopic (exact) mass is 264 g/mol. The van der Waals surface area contributed by atoms with Crippen LogP contribution >= 0.6 is 0 Å². The third-order valence-corrected chi connectivity index (χ3v) is 2.77. The lowest BCUT2D eigenvalue weighted by molar-refractivity contribution is -0.117. The highest BCUT2D eigenvalue weighted by atomic mass is 16.5. The number of esters is 1. The summed E-state index contributed by atoms with van der Waals surface area (Å²) in [7, 11) is 1.30. The van der Waals surface area contributed by atoms with Crippen molar-refractivity contribution < 1.29 is 14.3 Å². The maximum absolute atomic E-state index is 11.9. The van der Waals surface area contributed by atoms with Gasteiger partial charge in [0.2, 0.25) is 5.91 Å². The van der Waals surface area contributed by atoms with Crippen LogP contribution in [0.5, 0.6) is 0 Å². The lowest BCUT2D eigenvalue weighted by Gasteiger charge is -2.14. The van der Waals surface area contributed by atoms with Gasteiger partial charge in [-0.2, -0.15) is 0 Å². The fourth-order valence-corrected chi connectivity index (χ4v) is 1.71. The molecule has 0 aliphatic carbocycles. The van der Waals surface area contributed by atoms with E-state index in [1.807, 2.05) is 19.9 Å². The summed E-state index contributed by atoms with van der Waals surface area (Å²) in [4.78, 5) is 23.5. The Morgan fingerprint density at radius 1 is 1.42 bits per heavy atom. The van der Waals surface area contributed by atoms with Gasteiger partial charge < -0.3 is 15.8 Å². The maximum Gasteiger partial charge on any atom is 0.339 e. The number of carbonyl (C=O) groups is 2. The first kappa shape index (κ1) is 15.2. The number of nitrogens with two attached hydrogens (primary N) is 1. The van der Waals surface area contributed by atoms with Crippen molar-refractivity contribution in [2.75, 3.05) is 12.4 Å². The summed E-state index contributed by atoms with van der Waals surface area (Å²) in [5.74, 6) is -0.779. The average molecular weight is 264 g/mol. The van der Waals surface area contributed by atoms with Gasteiger partial charge in [-0.15, -0.1) is 0 Å². The normalized spacial score (nSPS) is 11.8. The Bertz CT molecular complexity index is 472. The van der Waals surface area contributed by atoms with E-state index in [0.717, 1.165) is 12.0 Å². The fourth-order valence-electron chi connectivity index (χ4n) is 1.71. The average Bonchev–Trinajstić information content (AvgIpc) is 2.40. The summed E-state index contributed by atoms with van der Waals surface area (Å²) >= 11 is 0. The molecule has 0 radical (unpaired) electrons. The number of amides is 1. The van der Waals surface area contributed by atoms with Crippen molar-refractivity contribution in [1.82, 2.24) is 0 Å². The van der Waals surface area contributed by atoms with Crippen molar-refractivity contribution in [2.45, 2.75) is 32.7 Å². The predicted octanol–water partition coefficient (Wildman–Crippen LogP) is 1.85. The number of hydrogen-bond donors (Lipinski definition) is 2. The third-order valence-electron chi connectivity index (χ3n) is 2.77. The number of methoxy groups -OCH3 is 1. The number of aryl methyl sites for hydroxylation is 1. The van der Waals surface area contributed by atoms with E-state index in [-0.39, 0.29) is 5.91 Å². The summed E-state index contributed by atoms with van der Waals surface area (Å²) in [6.45, 7) is 3.82. The molecule has 0 aliphatic rings. The van der Waals surface area contributed by atoms with E-state index in [1.165, 1.54) is 7.11 Å². The van der Waals surface area contributed by atoms with E-state index < -0.39 is 12.0 Å². The zero-order valence-corrected chi connectivity index (χ0v) is 11.5. The zero-order chi connectivity index (χ0) is 14.4. The van der Waals surface area contributed by atoms with Gasteiger partial charge in [0.15, 0.2) is 0 Å². The van der Waals surface area contributed by atoms with Crippen LogP contribution in [0.15, 0.2) is 18.2 Å². The second kappa shape index (κ2) is 6.89. The van der Waals surface area contributed by atoms with Crippen LogP contribution in [0.4, 0.5) is 5.69 Å². The Kier molecular flexibility index (Phi) is 5.51. The third kappa shape index (κ3) is 4.06. The van der Waals surface area contributed by atoms with E-state index in [2.05, 4.69) is 5.32 Å². The molecule has 0 aliphatic heterocycles. The first-order chi connectivity index (χ1) is 8.99. The van der Waals surface area contributed by atoms with Gasteiger partial charge in [0, 0.05) is 0 Å². The summed E-state index contributed by atoms with van der Waals surface area (Å²) < 4.78 is 4.70. The van der Waals surface area contributed by atoms with Crippen LogP contribution < -0.4 is 11.1 Å². The highest BCUT2D eigenvalue weighted by molar-refractivity contribution is 6.02. The molecule has 0 heterocycles. The van der Waals surface area contributed by atoms with Crippen LogP contribution in [0, 0.1) is 6.92 Å². The molecule has 0 saturated heterocycles. The Balaban J connectivity index is 2.94. The SMILES string of the molecule is CCC[C@@H](N)C(=O)Nc1ccc(C)cc1C(=O)OC. The lowest BCUT2D eigenvalue weighted by Crippen LogP contribution is -2.35. The van der Waals surface area contributed by atoms with E-state index in [1.54, 1.807) is 12.1 Å². The van der Waals surface area contributed by atoms with Crippen molar-refractivity contribution in [3.63, 3.8) is 0 Å². The van der Waals surface area contributed by atoms with E-state index in [0.29, 0.717) is 17.7 Å². The van der Waals surface area contributed by atoms with E-state index >= 15 is 0 Å². The molecule has 3 N–H and O–H groups in total. The smallest absolute Gasteiger partial charge is 0.339 e. The van der Waals surface area contributed by atoms with Gasteiger partial charge >= 0.3 is 5.97 Å². The van der Waals surface area contributed by atoms with Crippen LogP contribution in [0.25, 0.3) is 0 Å². The van der Waals surface area contributed by atoms with Crippen molar-refractivity contribution in [3.8, 4) is 0 Å². The Morgan fingerprint density at radius 2 is 2.11 bits per heavy atom. The van der Waals surface area contributed by atoms with Crippen molar-refractivity contribution in [2.24, 2.45) is 5.73 Å². The van der Waals surface area contributed by atoms with Gasteiger partial charge in [-0.05, 0) is 25.5 Å². The summed E-state index contributed by atoms with van der Waals surface area (Å²) in [6, 6.07) is 4.59. The topological polar surface area (TPSA) is 81.4 Å². The first-order valence-corrected chi connectivity index (χ1v) is 6.25. The van der Waals surface area contributed by atoms with Gasteiger partial charge in [0.05, 0.1) is 24.4 Å². The van der Waals surface area contributed by atoms with Crippen molar-refractivity contribution in [3.05, 3.63) is 29.3 Å². The molecule has 0 spiro atoms. The molecule has 104 valence electrons. The molecule has 1 atom stereocenters. The van der Waals surface area contributed by atoms with Crippen LogP contribution in [0.3, 0.4) is 0 Å². The van der Waals surface area contributed by atoms with E-state index in [9.17, 15) is 9.59 Å². The van der Waals surface area contributed by atoms with Crippen LogP contribution in [0.2, 0.25) is 0 Å². The van der Waals surface area contributed by atoms with E-state index in [4.69, 9.17) is 10.5 Å². The molecule has 1 amide bonds. The second-order valence-electron chi connectivity index (χ2n) is 4.43. The molecule has 0 aromatic heterocycles. The molecule has 0 fully saturated rings. The lowest BCUT2D eigenvalue weighted by atomic mass is 10.1. The molecule has 1 rings (SSSR count). The molecule has 0 bridgehead atoms. The summed E-state index contributed by atoms with van der Waals surface area (Å²) in [5, 5.41) is 2.67. The molecule has 5 nitrogen and oxygen atoms in total. The Labute approximate surface area is 113 Å². The molecule has 1 aromatic carbocycles. The zero-order valence-electron chi connectivity index (χ0n) is 11.5. The summed E-state index contributed by atoms with van der Waals surface area (Å²) in [5.41, 5.74) is 7.41. The van der Waals surface area contributed by atoms with Gasteiger partial charge in [0.1, 0.15) is 0 Å². The molecule has 19 heavy (non-hydrogen) atoms. The van der Waals surface area contributed by atoms with Crippen LogP contribution in [0.1, 0.15) is 35.7 Å². The van der Waals surface area contributed by atoms with Crippen molar-refractivity contribution >= 4 is 17.6 Å². The molecule has 0 saturated carbocycles. The maximum atomic E-state index is 11.9. The molecule has 5 heteroatoms. The van der Waals surface area contributed by atoms with Gasteiger partial charge in [-0.3, -0.25) is 4.79 Å². The number of nitrogens with one attached hydrogen (secondary N) is 1. The largest absolute Gasteiger partial charge is 0.465 e. The molecular formula is C14H20N2O3. The number of carbonyl (C=O) groups excluding carboxylic acids is 2. The first-order valence-electron chi connectivity index (χ1n) is 6.25. The van der Waals surface area contributed by atoms with Crippen LogP contribution in [-0.4, -0.2) is 25.0 Å². The minimum atomic E-state index is -0.572. The fraction of sp³-hybridized carbons (Fsp3) is 0.429. The quantitative estimate of drug-likeness (QED) is 0.795. The molecule has 1 aromatic rings. The number of hydrogen-bond acceptors (Lipinski definition) is 4. The highest BCUT2D eigenvalue weighted by Gasteiger charge is 2.17. The molecule has 0 unspecified atom stereocenters. The minimum absolute atomic E-state index is 0.296. The number of rotatable bonds is 5. The van der Waals surface area contributed by atoms with Gasteiger partial charge in [0.25, 0.3) is 0 Å². The summed E-state index contributed by atoms with van der Waals surface area (Å²) in [6.07, 6.45) is 1.43. The van der Waals surface area contributed by atoms with Crippen LogP contribution in [-0.2, 0) is 9.53 Å². The van der Waals surface area contributed by atoms with Crippen molar-refractivity contribution in [1.29, 1.82) is 0 Å². The number of benzene rings is 1. The number of anilines is 1. The predicted molar refractivity (Wildman–Crippen MR) is 74.0 cm³/mol. The van der Waals surface area contributed by atoms with Gasteiger partial charge in [-0.1, -0.05) is 25.0 Å². The Hall–Kier alpha value is -1.88. The second-order valence-corrected chi connectivity index (χ2v) is 4.43. The minimum Gasteiger partial charge on any atom is -0.465 e. The highest BCUT2D eigenvalue weighted by Crippen LogP contribution is 2.18. The van der Waals surface area contributed by atoms with Gasteiger partial charge in [-0.25, -0.2) is 4.79 Å². The Morgan fingerprint density at radius 3 is 2.68 bits per heavy atom. The molecular weight excluding hydrogens is 244 g/mol. The standard InChI is InChI=1S/C14H20N2O3/c1-4-5-11(15)13(17)16-12-7-6-9(2)8-10(12)14(18)19-3/h6-8,11H,4-5,15H2,1-3H3,(H,16,17)/t11-/m1/s1. The number of ether oxygens (including phenoxy) is 1.